The van der Waals surface area contributed by atoms with Gasteiger partial charge in [-0.15, -0.1) is 0 Å². The van der Waals surface area contributed by atoms with Crippen LogP contribution in [0, 0.1) is 5.92 Å². The number of ketones is 1. The molecule has 1 fully saturated rings. The first-order chi connectivity index (χ1) is 7.31. The molecular weight excluding hydrogens is 192 g/mol. The zero-order valence-corrected chi connectivity index (χ0v) is 8.74. The molecule has 0 amide bonds. The monoisotopic (exact) mass is 208 g/mol. The molecule has 0 aromatic heterocycles. The van der Waals surface area contributed by atoms with Crippen molar-refractivity contribution in [3.8, 4) is 0 Å². The normalized spacial score (nSPS) is 25.4. The minimum atomic E-state index is 0.0118. The number of hydrogen-bond donors (Lipinski definition) is 1. The molecule has 0 heterocycles. The van der Waals surface area contributed by atoms with Gasteiger partial charge in [-0.3, -0.25) is 4.79 Å². The summed E-state index contributed by atoms with van der Waals surface area (Å²) in [6.45, 7) is 0.312. The molecule has 2 rings (SSSR count). The molecule has 3 nitrogen and oxygen atoms in total. The van der Waals surface area contributed by atoms with Gasteiger partial charge in [-0.2, -0.15) is 0 Å². The van der Waals surface area contributed by atoms with Crippen LogP contribution in [-0.2, 0) is 9.53 Å². The molecule has 2 aliphatic rings. The fourth-order valence-corrected chi connectivity index (χ4v) is 2.21. The van der Waals surface area contributed by atoms with Gasteiger partial charge in [-0.05, 0) is 37.3 Å². The van der Waals surface area contributed by atoms with Crippen LogP contribution in [0.5, 0.6) is 0 Å². The van der Waals surface area contributed by atoms with E-state index in [1.807, 2.05) is 12.2 Å². The number of aliphatic hydroxyl groups excluding tert-OH is 1. The molecule has 2 aliphatic carbocycles. The average Bonchev–Trinajstić information content (AvgIpc) is 2.27. The van der Waals surface area contributed by atoms with Gasteiger partial charge in [0.05, 0.1) is 6.61 Å². The lowest BCUT2D eigenvalue weighted by atomic mass is 9.79. The van der Waals surface area contributed by atoms with Gasteiger partial charge in [0.25, 0.3) is 0 Å². The Balaban J connectivity index is 2.07. The Hall–Kier alpha value is -1.09. The highest BCUT2D eigenvalue weighted by atomic mass is 16.5. The van der Waals surface area contributed by atoms with Gasteiger partial charge in [-0.25, -0.2) is 0 Å². The number of aliphatic hydroxyl groups is 1. The van der Waals surface area contributed by atoms with Crippen molar-refractivity contribution in [3.05, 3.63) is 23.5 Å². The van der Waals surface area contributed by atoms with Crippen LogP contribution in [0.2, 0.25) is 0 Å². The molecule has 0 bridgehead atoms. The second kappa shape index (κ2) is 4.62. The predicted molar refractivity (Wildman–Crippen MR) is 56.2 cm³/mol. The average molecular weight is 208 g/mol. The first-order valence-corrected chi connectivity index (χ1v) is 5.50. The number of rotatable bonds is 3. The highest BCUT2D eigenvalue weighted by Crippen LogP contribution is 2.34. The topological polar surface area (TPSA) is 46.5 Å². The number of fused-ring (bicyclic) bond motifs is 1. The summed E-state index contributed by atoms with van der Waals surface area (Å²) >= 11 is 0. The summed E-state index contributed by atoms with van der Waals surface area (Å²) in [5.74, 6) is 1.42. The van der Waals surface area contributed by atoms with Gasteiger partial charge in [0, 0.05) is 12.0 Å². The van der Waals surface area contributed by atoms with Crippen LogP contribution in [-0.4, -0.2) is 24.1 Å². The van der Waals surface area contributed by atoms with Crippen LogP contribution in [0.25, 0.3) is 0 Å². The lowest BCUT2D eigenvalue weighted by Crippen LogP contribution is -2.21. The number of hydrogen-bond acceptors (Lipinski definition) is 3. The summed E-state index contributed by atoms with van der Waals surface area (Å²) in [6, 6.07) is 0. The minimum Gasteiger partial charge on any atom is -0.492 e. The quantitative estimate of drug-likeness (QED) is 0.766. The Bertz CT molecular complexity index is 315. The van der Waals surface area contributed by atoms with Gasteiger partial charge in [0.1, 0.15) is 12.4 Å². The molecule has 15 heavy (non-hydrogen) atoms. The molecule has 1 unspecified atom stereocenters. The maximum absolute atomic E-state index is 11.6. The maximum Gasteiger partial charge on any atom is 0.159 e. The van der Waals surface area contributed by atoms with Crippen LogP contribution in [0.3, 0.4) is 0 Å². The number of Topliss-reactive ketones (excluding diaryl/α,β-unsaturated/α-hetero) is 1. The van der Waals surface area contributed by atoms with Gasteiger partial charge in [0.15, 0.2) is 5.78 Å². The van der Waals surface area contributed by atoms with E-state index in [2.05, 4.69) is 0 Å². The molecule has 0 radical (unpaired) electrons. The maximum atomic E-state index is 11.6. The Labute approximate surface area is 89.4 Å². The van der Waals surface area contributed by atoms with Gasteiger partial charge < -0.3 is 9.84 Å². The number of ether oxygens (including phenoxy) is 1. The third kappa shape index (κ3) is 2.29. The van der Waals surface area contributed by atoms with E-state index < -0.39 is 0 Å². The summed E-state index contributed by atoms with van der Waals surface area (Å²) in [6.07, 6.45) is 7.57. The van der Waals surface area contributed by atoms with Crippen molar-refractivity contribution in [2.24, 2.45) is 5.92 Å². The van der Waals surface area contributed by atoms with Gasteiger partial charge >= 0.3 is 0 Å². The summed E-state index contributed by atoms with van der Waals surface area (Å²) in [5, 5.41) is 8.64. The summed E-state index contributed by atoms with van der Waals surface area (Å²) in [5.41, 5.74) is 0.927. The molecule has 0 aromatic carbocycles. The second-order valence-corrected chi connectivity index (χ2v) is 4.03. The van der Waals surface area contributed by atoms with Crippen molar-refractivity contribution in [2.45, 2.75) is 25.7 Å². The molecule has 1 atom stereocenters. The van der Waals surface area contributed by atoms with E-state index >= 15 is 0 Å². The predicted octanol–water partition coefficient (Wildman–Crippen LogP) is 1.58. The summed E-state index contributed by atoms with van der Waals surface area (Å²) in [4.78, 5) is 11.6. The fourth-order valence-electron chi connectivity index (χ4n) is 2.21. The van der Waals surface area contributed by atoms with E-state index in [1.165, 1.54) is 0 Å². The van der Waals surface area contributed by atoms with E-state index in [4.69, 9.17) is 9.84 Å². The standard InChI is InChI=1S/C12H16O3/c13-6-7-15-10-5-4-9-2-1-3-12(14)11(9)8-10/h5,8-9,13H,1-4,6-7H2. The molecular formula is C12H16O3. The molecule has 1 N–H and O–H groups in total. The third-order valence-electron chi connectivity index (χ3n) is 2.98. The lowest BCUT2D eigenvalue weighted by Gasteiger charge is -2.26. The minimum absolute atomic E-state index is 0.0118. The zero-order chi connectivity index (χ0) is 10.7. The van der Waals surface area contributed by atoms with Gasteiger partial charge in [-0.1, -0.05) is 0 Å². The van der Waals surface area contributed by atoms with Crippen LogP contribution in [0.4, 0.5) is 0 Å². The Kier molecular flexibility index (Phi) is 3.21. The highest BCUT2D eigenvalue weighted by Gasteiger charge is 2.27. The molecule has 0 saturated heterocycles. The largest absolute Gasteiger partial charge is 0.492 e. The van der Waals surface area contributed by atoms with Crippen molar-refractivity contribution in [1.82, 2.24) is 0 Å². The van der Waals surface area contributed by atoms with Crippen molar-refractivity contribution >= 4 is 5.78 Å². The SMILES string of the molecule is O=C1CCCC2CC=C(OCCO)C=C12. The van der Waals surface area contributed by atoms with Crippen molar-refractivity contribution in [1.29, 1.82) is 0 Å². The molecule has 3 heteroatoms. The van der Waals surface area contributed by atoms with E-state index in [1.54, 1.807) is 0 Å². The molecule has 0 aromatic rings. The summed E-state index contributed by atoms with van der Waals surface area (Å²) in [7, 11) is 0. The lowest BCUT2D eigenvalue weighted by molar-refractivity contribution is -0.117. The molecule has 1 saturated carbocycles. The van der Waals surface area contributed by atoms with E-state index in [9.17, 15) is 4.79 Å². The summed E-state index contributed by atoms with van der Waals surface area (Å²) < 4.78 is 5.31. The molecule has 82 valence electrons. The number of carbonyl (C=O) groups is 1. The van der Waals surface area contributed by atoms with Crippen molar-refractivity contribution in [3.63, 3.8) is 0 Å². The first kappa shape index (κ1) is 10.4. The third-order valence-corrected chi connectivity index (χ3v) is 2.98. The Morgan fingerprint density at radius 3 is 3.20 bits per heavy atom. The van der Waals surface area contributed by atoms with Crippen LogP contribution >= 0.6 is 0 Å². The van der Waals surface area contributed by atoms with Crippen LogP contribution in [0.15, 0.2) is 23.5 Å². The van der Waals surface area contributed by atoms with Crippen LogP contribution in [0.1, 0.15) is 25.7 Å². The van der Waals surface area contributed by atoms with Crippen molar-refractivity contribution < 1.29 is 14.6 Å². The molecule has 0 spiro atoms. The first-order valence-electron chi connectivity index (χ1n) is 5.50. The van der Waals surface area contributed by atoms with Crippen LogP contribution < -0.4 is 0 Å². The van der Waals surface area contributed by atoms with E-state index in [0.29, 0.717) is 18.9 Å². The second-order valence-electron chi connectivity index (χ2n) is 4.03. The van der Waals surface area contributed by atoms with Crippen molar-refractivity contribution in [2.75, 3.05) is 13.2 Å². The number of carbonyl (C=O) groups excluding carboxylic acids is 1. The zero-order valence-electron chi connectivity index (χ0n) is 8.74. The van der Waals surface area contributed by atoms with Gasteiger partial charge in [0.2, 0.25) is 0 Å². The Morgan fingerprint density at radius 1 is 1.53 bits per heavy atom. The van der Waals surface area contributed by atoms with E-state index in [0.717, 1.165) is 30.6 Å². The number of allylic oxidation sites excluding steroid dienone is 3. The fraction of sp³-hybridized carbons (Fsp3) is 0.583. The molecule has 0 aliphatic heterocycles. The highest BCUT2D eigenvalue weighted by molar-refractivity contribution is 5.97. The Morgan fingerprint density at radius 2 is 2.40 bits per heavy atom. The smallest absolute Gasteiger partial charge is 0.159 e. The van der Waals surface area contributed by atoms with E-state index in [-0.39, 0.29) is 12.4 Å².